The van der Waals surface area contributed by atoms with Gasteiger partial charge in [-0.25, -0.2) is 14.2 Å². The van der Waals surface area contributed by atoms with Gasteiger partial charge in [-0.3, -0.25) is 4.79 Å². The topological polar surface area (TPSA) is 87.3 Å². The van der Waals surface area contributed by atoms with E-state index in [1.165, 1.54) is 23.1 Å². The summed E-state index contributed by atoms with van der Waals surface area (Å²) in [7, 11) is 0. The minimum Gasteiger partial charge on any atom is -0.492 e. The van der Waals surface area contributed by atoms with Gasteiger partial charge in [-0.15, -0.1) is 0 Å². The van der Waals surface area contributed by atoms with Gasteiger partial charge in [0, 0.05) is 12.6 Å². The van der Waals surface area contributed by atoms with Gasteiger partial charge in [-0.2, -0.15) is 0 Å². The molecule has 8 heteroatoms. The molecule has 0 atom stereocenters. The van der Waals surface area contributed by atoms with Crippen LogP contribution < -0.4 is 15.6 Å². The Labute approximate surface area is 161 Å². The zero-order valence-corrected chi connectivity index (χ0v) is 15.7. The number of anilines is 1. The molecule has 0 aliphatic rings. The summed E-state index contributed by atoms with van der Waals surface area (Å²) in [5, 5.41) is 3.21. The van der Waals surface area contributed by atoms with Crippen LogP contribution in [-0.4, -0.2) is 34.1 Å². The highest BCUT2D eigenvalue weighted by atomic mass is 19.1. The first-order valence-corrected chi connectivity index (χ1v) is 8.98. The first-order valence-electron chi connectivity index (χ1n) is 8.98. The first-order chi connectivity index (χ1) is 13.5. The molecule has 0 radical (unpaired) electrons. The summed E-state index contributed by atoms with van der Waals surface area (Å²) >= 11 is 0. The fourth-order valence-electron chi connectivity index (χ4n) is 2.79. The molecule has 2 N–H and O–H groups in total. The maximum absolute atomic E-state index is 13.4. The molecule has 3 rings (SSSR count). The zero-order valence-electron chi connectivity index (χ0n) is 15.7. The van der Waals surface area contributed by atoms with Gasteiger partial charge in [0.2, 0.25) is 0 Å². The summed E-state index contributed by atoms with van der Waals surface area (Å²) in [6.45, 7) is 4.43. The first kappa shape index (κ1) is 19.3. The van der Waals surface area contributed by atoms with E-state index in [2.05, 4.69) is 15.3 Å². The highest BCUT2D eigenvalue weighted by Gasteiger charge is 2.16. The molecule has 28 heavy (non-hydrogen) atoms. The molecule has 7 nitrogen and oxygen atoms in total. The predicted molar refractivity (Wildman–Crippen MR) is 105 cm³/mol. The largest absolute Gasteiger partial charge is 0.492 e. The average molecular weight is 384 g/mol. The molecule has 2 amide bonds. The molecule has 0 saturated carbocycles. The molecular formula is C20H21FN4O3. The summed E-state index contributed by atoms with van der Waals surface area (Å²) in [6, 6.07) is 10.5. The molecule has 0 fully saturated rings. The summed E-state index contributed by atoms with van der Waals surface area (Å²) in [6.07, 6.45) is 0. The van der Waals surface area contributed by atoms with Crippen molar-refractivity contribution < 1.29 is 13.9 Å². The van der Waals surface area contributed by atoms with Gasteiger partial charge in [-0.1, -0.05) is 12.1 Å². The van der Waals surface area contributed by atoms with E-state index in [4.69, 9.17) is 4.74 Å². The lowest BCUT2D eigenvalue weighted by molar-refractivity contribution is 0.210. The van der Waals surface area contributed by atoms with E-state index in [0.29, 0.717) is 35.6 Å². The van der Waals surface area contributed by atoms with Crippen LogP contribution in [-0.2, 0) is 6.54 Å². The van der Waals surface area contributed by atoms with Crippen molar-refractivity contribution >= 4 is 22.6 Å². The second-order valence-electron chi connectivity index (χ2n) is 6.05. The lowest BCUT2D eigenvalue weighted by Crippen LogP contribution is -2.35. The van der Waals surface area contributed by atoms with Crippen LogP contribution in [0.25, 0.3) is 10.9 Å². The molecule has 0 saturated heterocycles. The van der Waals surface area contributed by atoms with Crippen LogP contribution in [0.2, 0.25) is 0 Å². The fourth-order valence-corrected chi connectivity index (χ4v) is 2.79. The van der Waals surface area contributed by atoms with Crippen LogP contribution in [0.4, 0.5) is 14.9 Å². The molecule has 0 aliphatic carbocycles. The van der Waals surface area contributed by atoms with Crippen molar-refractivity contribution in [2.75, 3.05) is 18.5 Å². The average Bonchev–Trinajstić information content (AvgIpc) is 2.68. The molecule has 0 bridgehead atoms. The number of benzene rings is 2. The minimum atomic E-state index is -0.452. The Morgan fingerprint density at radius 1 is 1.25 bits per heavy atom. The van der Waals surface area contributed by atoms with Crippen molar-refractivity contribution in [3.8, 4) is 5.75 Å². The molecule has 3 aromatic rings. The summed E-state index contributed by atoms with van der Waals surface area (Å²) in [4.78, 5) is 33.5. The van der Waals surface area contributed by atoms with Crippen LogP contribution in [0.1, 0.15) is 19.7 Å². The summed E-state index contributed by atoms with van der Waals surface area (Å²) in [5.41, 5.74) is 0.677. The second kappa shape index (κ2) is 8.51. The number of nitrogens with one attached hydrogen (secondary N) is 2. The number of para-hydroxylation sites is 1. The van der Waals surface area contributed by atoms with Crippen LogP contribution in [0, 0.1) is 5.82 Å². The SMILES string of the molecule is CCOc1cc(F)ccc1NC(=O)N(CC)Cc1nc2ccccc2c(=O)[nH]1. The van der Waals surface area contributed by atoms with Crippen molar-refractivity contribution in [2.45, 2.75) is 20.4 Å². The van der Waals surface area contributed by atoms with Gasteiger partial charge in [0.1, 0.15) is 17.4 Å². The Morgan fingerprint density at radius 3 is 2.79 bits per heavy atom. The number of rotatable bonds is 6. The van der Waals surface area contributed by atoms with Gasteiger partial charge in [-0.05, 0) is 38.1 Å². The third-order valence-electron chi connectivity index (χ3n) is 4.16. The van der Waals surface area contributed by atoms with E-state index in [1.54, 1.807) is 31.2 Å². The van der Waals surface area contributed by atoms with E-state index >= 15 is 0 Å². The van der Waals surface area contributed by atoms with Crippen molar-refractivity contribution in [3.63, 3.8) is 0 Å². The number of carbonyl (C=O) groups is 1. The lowest BCUT2D eigenvalue weighted by atomic mass is 10.2. The van der Waals surface area contributed by atoms with E-state index in [1.807, 2.05) is 6.92 Å². The van der Waals surface area contributed by atoms with Crippen LogP contribution in [0.3, 0.4) is 0 Å². The van der Waals surface area contributed by atoms with Gasteiger partial charge in [0.05, 0.1) is 29.7 Å². The second-order valence-corrected chi connectivity index (χ2v) is 6.05. The Hall–Kier alpha value is -3.42. The zero-order chi connectivity index (χ0) is 20.1. The third kappa shape index (κ3) is 4.28. The maximum Gasteiger partial charge on any atom is 0.322 e. The Balaban J connectivity index is 1.80. The number of halogens is 1. The quantitative estimate of drug-likeness (QED) is 0.681. The molecule has 2 aromatic carbocycles. The normalized spacial score (nSPS) is 10.7. The van der Waals surface area contributed by atoms with Crippen molar-refractivity contribution in [3.05, 3.63) is 64.5 Å². The van der Waals surface area contributed by atoms with E-state index < -0.39 is 11.8 Å². The number of aromatic nitrogens is 2. The molecule has 1 heterocycles. The monoisotopic (exact) mass is 384 g/mol. The highest BCUT2D eigenvalue weighted by molar-refractivity contribution is 5.91. The summed E-state index contributed by atoms with van der Waals surface area (Å²) < 4.78 is 18.8. The van der Waals surface area contributed by atoms with Crippen LogP contribution in [0.5, 0.6) is 5.75 Å². The van der Waals surface area contributed by atoms with Gasteiger partial charge < -0.3 is 19.9 Å². The van der Waals surface area contributed by atoms with Gasteiger partial charge in [0.25, 0.3) is 5.56 Å². The molecule has 146 valence electrons. The number of fused-ring (bicyclic) bond motifs is 1. The molecule has 0 spiro atoms. The van der Waals surface area contributed by atoms with Gasteiger partial charge >= 0.3 is 6.03 Å². The number of aromatic amines is 1. The minimum absolute atomic E-state index is 0.119. The standard InChI is InChI=1S/C20H21FN4O3/c1-3-25(12-18-22-15-8-6-5-7-14(15)19(26)24-18)20(27)23-16-10-9-13(21)11-17(16)28-4-2/h5-11H,3-4,12H2,1-2H3,(H,23,27)(H,22,24,26). The molecular weight excluding hydrogens is 363 g/mol. The number of hydrogen-bond acceptors (Lipinski definition) is 4. The Morgan fingerprint density at radius 2 is 2.04 bits per heavy atom. The van der Waals surface area contributed by atoms with Crippen molar-refractivity contribution in [2.24, 2.45) is 0 Å². The molecule has 0 aliphatic heterocycles. The van der Waals surface area contributed by atoms with Crippen molar-refractivity contribution in [1.82, 2.24) is 14.9 Å². The number of urea groups is 1. The van der Waals surface area contributed by atoms with E-state index in [-0.39, 0.29) is 17.9 Å². The van der Waals surface area contributed by atoms with E-state index in [0.717, 1.165) is 0 Å². The van der Waals surface area contributed by atoms with Gasteiger partial charge in [0.15, 0.2) is 0 Å². The number of carbonyl (C=O) groups excluding carboxylic acids is 1. The smallest absolute Gasteiger partial charge is 0.322 e. The number of hydrogen-bond donors (Lipinski definition) is 2. The van der Waals surface area contributed by atoms with Crippen LogP contribution >= 0.6 is 0 Å². The number of H-pyrrole nitrogens is 1. The Kier molecular flexibility index (Phi) is 5.88. The molecule has 1 aromatic heterocycles. The number of nitrogens with zero attached hydrogens (tertiary/aromatic N) is 2. The van der Waals surface area contributed by atoms with E-state index in [9.17, 15) is 14.0 Å². The fraction of sp³-hybridized carbons (Fsp3) is 0.250. The predicted octanol–water partition coefficient (Wildman–Crippen LogP) is 3.51. The van der Waals surface area contributed by atoms with Crippen molar-refractivity contribution in [1.29, 1.82) is 0 Å². The maximum atomic E-state index is 13.4. The lowest BCUT2D eigenvalue weighted by Gasteiger charge is -2.22. The third-order valence-corrected chi connectivity index (χ3v) is 4.16. The van der Waals surface area contributed by atoms with Crippen LogP contribution in [0.15, 0.2) is 47.3 Å². The molecule has 0 unspecified atom stereocenters. The Bertz CT molecular complexity index is 1050. The highest BCUT2D eigenvalue weighted by Crippen LogP contribution is 2.26. The summed E-state index contributed by atoms with van der Waals surface area (Å²) in [5.74, 6) is 0.181. The number of amides is 2. The number of ether oxygens (including phenoxy) is 1.